The Morgan fingerprint density at radius 3 is 2.79 bits per heavy atom. The van der Waals surface area contributed by atoms with Gasteiger partial charge in [-0.2, -0.15) is 0 Å². The van der Waals surface area contributed by atoms with E-state index >= 15 is 0 Å². The molecule has 2 heterocycles. The molecule has 6 heteroatoms. The summed E-state index contributed by atoms with van der Waals surface area (Å²) in [5.41, 5.74) is 0.683. The minimum atomic E-state index is -0.130. The van der Waals surface area contributed by atoms with Crippen molar-refractivity contribution in [3.8, 4) is 0 Å². The highest BCUT2D eigenvalue weighted by atomic mass is 32.2. The summed E-state index contributed by atoms with van der Waals surface area (Å²) in [5.74, 6) is 2.23. The molecule has 0 radical (unpaired) electrons. The van der Waals surface area contributed by atoms with Crippen molar-refractivity contribution in [1.29, 1.82) is 0 Å². The van der Waals surface area contributed by atoms with Crippen LogP contribution in [0.2, 0.25) is 0 Å². The molecule has 0 unspecified atom stereocenters. The lowest BCUT2D eigenvalue weighted by Crippen LogP contribution is -2.30. The fourth-order valence-electron chi connectivity index (χ4n) is 2.83. The Kier molecular flexibility index (Phi) is 5.69. The molecule has 5 nitrogen and oxygen atoms in total. The molecule has 0 saturated carbocycles. The summed E-state index contributed by atoms with van der Waals surface area (Å²) >= 11 is 1.66. The molecular formula is C18H22N4OS. The number of nitrogens with one attached hydrogen (secondary N) is 1. The Morgan fingerprint density at radius 2 is 2.00 bits per heavy atom. The second-order valence-electron chi connectivity index (χ2n) is 5.69. The van der Waals surface area contributed by atoms with Crippen molar-refractivity contribution >= 4 is 29.3 Å². The second kappa shape index (κ2) is 8.15. The van der Waals surface area contributed by atoms with Crippen LogP contribution < -0.4 is 10.2 Å². The number of hydrogen-bond acceptors (Lipinski definition) is 5. The van der Waals surface area contributed by atoms with E-state index in [0.29, 0.717) is 11.4 Å². The molecule has 0 spiro atoms. The first-order valence-electron chi connectivity index (χ1n) is 8.38. The van der Waals surface area contributed by atoms with Crippen molar-refractivity contribution in [1.82, 2.24) is 9.97 Å². The number of benzene rings is 1. The topological polar surface area (TPSA) is 58.1 Å². The van der Waals surface area contributed by atoms with E-state index in [4.69, 9.17) is 0 Å². The van der Waals surface area contributed by atoms with Gasteiger partial charge in [-0.1, -0.05) is 19.1 Å². The minimum absolute atomic E-state index is 0.130. The molecule has 1 fully saturated rings. The number of nitrogens with zero attached hydrogens (tertiary/aromatic N) is 3. The molecule has 3 rings (SSSR count). The quantitative estimate of drug-likeness (QED) is 0.837. The van der Waals surface area contributed by atoms with E-state index in [2.05, 4.69) is 27.1 Å². The van der Waals surface area contributed by atoms with Gasteiger partial charge in [-0.05, 0) is 37.1 Å². The number of anilines is 2. The fraction of sp³-hybridized carbons (Fsp3) is 0.389. The predicted molar refractivity (Wildman–Crippen MR) is 98.9 cm³/mol. The number of carbonyl (C=O) groups is 1. The third-order valence-corrected chi connectivity index (χ3v) is 4.96. The Hall–Kier alpha value is -2.08. The highest BCUT2D eigenvalue weighted by molar-refractivity contribution is 7.99. The van der Waals surface area contributed by atoms with Crippen molar-refractivity contribution < 1.29 is 4.79 Å². The van der Waals surface area contributed by atoms with Crippen molar-refractivity contribution in [3.63, 3.8) is 0 Å². The molecule has 0 aliphatic carbocycles. The van der Waals surface area contributed by atoms with Crippen LogP contribution in [-0.2, 0) is 0 Å². The van der Waals surface area contributed by atoms with Crippen LogP contribution in [0.5, 0.6) is 0 Å². The maximum Gasteiger partial charge on any atom is 0.257 e. The van der Waals surface area contributed by atoms with E-state index in [1.54, 1.807) is 11.8 Å². The summed E-state index contributed by atoms with van der Waals surface area (Å²) in [7, 11) is 0. The summed E-state index contributed by atoms with van der Waals surface area (Å²) in [6.07, 6.45) is 5.17. The standard InChI is InChI=1S/C18H22N4OS/c1-2-24-15-9-5-4-8-14(15)18(23)21-16-12-17(20-13-19-16)22-10-6-3-7-11-22/h4-5,8-9,12-13H,2-3,6-7,10-11H2,1H3,(H,19,20,21,23). The van der Waals surface area contributed by atoms with Gasteiger partial charge in [0.1, 0.15) is 18.0 Å². The Balaban J connectivity index is 1.75. The van der Waals surface area contributed by atoms with Crippen LogP contribution in [0.15, 0.2) is 41.6 Å². The monoisotopic (exact) mass is 342 g/mol. The minimum Gasteiger partial charge on any atom is -0.356 e. The average Bonchev–Trinajstić information content (AvgIpc) is 2.63. The van der Waals surface area contributed by atoms with Crippen molar-refractivity contribution in [3.05, 3.63) is 42.2 Å². The van der Waals surface area contributed by atoms with E-state index < -0.39 is 0 Å². The number of thioether (sulfide) groups is 1. The van der Waals surface area contributed by atoms with Gasteiger partial charge in [-0.3, -0.25) is 4.79 Å². The Morgan fingerprint density at radius 1 is 1.21 bits per heavy atom. The van der Waals surface area contributed by atoms with E-state index in [-0.39, 0.29) is 5.91 Å². The highest BCUT2D eigenvalue weighted by Crippen LogP contribution is 2.24. The lowest BCUT2D eigenvalue weighted by molar-refractivity contribution is 0.102. The van der Waals surface area contributed by atoms with E-state index in [0.717, 1.165) is 29.6 Å². The lowest BCUT2D eigenvalue weighted by Gasteiger charge is -2.27. The summed E-state index contributed by atoms with van der Waals surface area (Å²) in [5, 5.41) is 2.91. The number of aromatic nitrogens is 2. The third kappa shape index (κ3) is 4.06. The van der Waals surface area contributed by atoms with Gasteiger partial charge in [-0.25, -0.2) is 9.97 Å². The number of hydrogen-bond donors (Lipinski definition) is 1. The fourth-order valence-corrected chi connectivity index (χ4v) is 3.63. The number of carbonyl (C=O) groups excluding carboxylic acids is 1. The van der Waals surface area contributed by atoms with Crippen molar-refractivity contribution in [2.24, 2.45) is 0 Å². The average molecular weight is 342 g/mol. The van der Waals surface area contributed by atoms with Crippen LogP contribution in [0.3, 0.4) is 0 Å². The largest absolute Gasteiger partial charge is 0.356 e. The lowest BCUT2D eigenvalue weighted by atomic mass is 10.1. The van der Waals surface area contributed by atoms with Gasteiger partial charge >= 0.3 is 0 Å². The normalized spacial score (nSPS) is 14.5. The van der Waals surface area contributed by atoms with Crippen LogP contribution in [0.1, 0.15) is 36.5 Å². The zero-order valence-electron chi connectivity index (χ0n) is 13.9. The molecule has 24 heavy (non-hydrogen) atoms. The van der Waals surface area contributed by atoms with Gasteiger partial charge in [0, 0.05) is 24.1 Å². The van der Waals surface area contributed by atoms with E-state index in [1.807, 2.05) is 30.3 Å². The summed E-state index contributed by atoms with van der Waals surface area (Å²) < 4.78 is 0. The number of amides is 1. The van der Waals surface area contributed by atoms with Gasteiger partial charge in [0.2, 0.25) is 0 Å². The molecule has 1 aliphatic heterocycles. The van der Waals surface area contributed by atoms with Crippen LogP contribution in [-0.4, -0.2) is 34.7 Å². The van der Waals surface area contributed by atoms with Crippen LogP contribution in [0.4, 0.5) is 11.6 Å². The van der Waals surface area contributed by atoms with Gasteiger partial charge < -0.3 is 10.2 Å². The smallest absolute Gasteiger partial charge is 0.257 e. The molecule has 0 atom stereocenters. The first kappa shape index (κ1) is 16.8. The third-order valence-electron chi connectivity index (χ3n) is 4.01. The van der Waals surface area contributed by atoms with E-state index in [1.165, 1.54) is 25.6 Å². The number of piperidine rings is 1. The van der Waals surface area contributed by atoms with Gasteiger partial charge in [0.05, 0.1) is 5.56 Å². The maximum atomic E-state index is 12.6. The van der Waals surface area contributed by atoms with Crippen LogP contribution in [0.25, 0.3) is 0 Å². The molecular weight excluding hydrogens is 320 g/mol. The van der Waals surface area contributed by atoms with Crippen LogP contribution >= 0.6 is 11.8 Å². The molecule has 2 aromatic rings. The molecule has 1 aromatic heterocycles. The Bertz CT molecular complexity index is 701. The first-order valence-corrected chi connectivity index (χ1v) is 9.36. The van der Waals surface area contributed by atoms with Crippen molar-refractivity contribution in [2.45, 2.75) is 31.1 Å². The molecule has 126 valence electrons. The predicted octanol–water partition coefficient (Wildman–Crippen LogP) is 3.83. The van der Waals surface area contributed by atoms with Crippen LogP contribution in [0, 0.1) is 0 Å². The molecule has 0 bridgehead atoms. The Labute approximate surface area is 146 Å². The van der Waals surface area contributed by atoms with Gasteiger partial charge in [0.15, 0.2) is 0 Å². The van der Waals surface area contributed by atoms with E-state index in [9.17, 15) is 4.79 Å². The molecule has 1 aliphatic rings. The SMILES string of the molecule is CCSc1ccccc1C(=O)Nc1cc(N2CCCCC2)ncn1. The summed E-state index contributed by atoms with van der Waals surface area (Å²) in [6, 6.07) is 9.52. The molecule has 1 N–H and O–H groups in total. The number of rotatable bonds is 5. The second-order valence-corrected chi connectivity index (χ2v) is 7.00. The zero-order chi connectivity index (χ0) is 16.8. The summed E-state index contributed by atoms with van der Waals surface area (Å²) in [4.78, 5) is 24.4. The van der Waals surface area contributed by atoms with Gasteiger partial charge in [0.25, 0.3) is 5.91 Å². The molecule has 1 saturated heterocycles. The first-order chi connectivity index (χ1) is 11.8. The zero-order valence-corrected chi connectivity index (χ0v) is 14.7. The van der Waals surface area contributed by atoms with Gasteiger partial charge in [-0.15, -0.1) is 11.8 Å². The highest BCUT2D eigenvalue weighted by Gasteiger charge is 2.15. The molecule has 1 aromatic carbocycles. The van der Waals surface area contributed by atoms with Crippen molar-refractivity contribution in [2.75, 3.05) is 29.1 Å². The maximum absolute atomic E-state index is 12.6. The summed E-state index contributed by atoms with van der Waals surface area (Å²) in [6.45, 7) is 4.11. The molecule has 1 amide bonds.